The third kappa shape index (κ3) is 3.28. The Labute approximate surface area is 160 Å². The lowest BCUT2D eigenvalue weighted by Gasteiger charge is -2.10. The van der Waals surface area contributed by atoms with Crippen molar-refractivity contribution in [2.24, 2.45) is 0 Å². The summed E-state index contributed by atoms with van der Waals surface area (Å²) in [6.07, 6.45) is 2.84. The van der Waals surface area contributed by atoms with Crippen LogP contribution in [-0.4, -0.2) is 21.8 Å². The maximum absolute atomic E-state index is 13.2. The maximum atomic E-state index is 13.2. The van der Waals surface area contributed by atoms with Crippen molar-refractivity contribution in [2.45, 2.75) is 25.9 Å². The molecular formula is C20H18FN3O4. The first kappa shape index (κ1) is 18.0. The number of halogens is 1. The number of benzene rings is 2. The van der Waals surface area contributed by atoms with E-state index >= 15 is 0 Å². The molecule has 7 nitrogen and oxygen atoms in total. The average molecular weight is 383 g/mol. The summed E-state index contributed by atoms with van der Waals surface area (Å²) >= 11 is 0. The van der Waals surface area contributed by atoms with Crippen molar-refractivity contribution in [2.75, 3.05) is 7.11 Å². The normalized spacial score (nSPS) is 12.6. The topological polar surface area (TPSA) is 79.4 Å². The Bertz CT molecular complexity index is 1030. The summed E-state index contributed by atoms with van der Waals surface area (Å²) in [4.78, 5) is 10.4. The van der Waals surface area contributed by atoms with Crippen LogP contribution in [0.2, 0.25) is 0 Å². The lowest BCUT2D eigenvalue weighted by Crippen LogP contribution is -2.04. The van der Waals surface area contributed by atoms with Crippen LogP contribution in [0.4, 0.5) is 10.1 Å². The number of aromatic nitrogens is 2. The molecule has 2 aromatic carbocycles. The number of rotatable bonds is 6. The predicted molar refractivity (Wildman–Crippen MR) is 99.5 cm³/mol. The third-order valence-electron chi connectivity index (χ3n) is 4.81. The number of nitro benzene ring substituents is 1. The number of hydrogen-bond acceptors (Lipinski definition) is 5. The molecule has 1 aliphatic rings. The summed E-state index contributed by atoms with van der Waals surface area (Å²) in [7, 11) is 1.44. The second-order valence-corrected chi connectivity index (χ2v) is 6.49. The van der Waals surface area contributed by atoms with Gasteiger partial charge < -0.3 is 9.47 Å². The van der Waals surface area contributed by atoms with Gasteiger partial charge in [0.25, 0.3) is 5.69 Å². The molecule has 144 valence electrons. The lowest BCUT2D eigenvalue weighted by atomic mass is 10.2. The zero-order chi connectivity index (χ0) is 19.7. The fourth-order valence-electron chi connectivity index (χ4n) is 3.46. The van der Waals surface area contributed by atoms with Crippen LogP contribution in [0.1, 0.15) is 23.4 Å². The van der Waals surface area contributed by atoms with Crippen molar-refractivity contribution in [3.8, 4) is 17.2 Å². The minimum absolute atomic E-state index is 0.0642. The molecule has 0 amide bonds. The standard InChI is InChI=1S/C20H18FN3O4/c1-27-20-11-15(24(25)26)9-10-19(20)28-12-17-16-3-2-4-18(16)23(22-17)14-7-5-13(21)6-8-14/h5-11H,2-4,12H2,1H3. The average Bonchev–Trinajstić information content (AvgIpc) is 3.30. The van der Waals surface area contributed by atoms with E-state index in [1.54, 1.807) is 12.1 Å². The van der Waals surface area contributed by atoms with Crippen molar-refractivity contribution in [1.82, 2.24) is 9.78 Å². The molecule has 28 heavy (non-hydrogen) atoms. The summed E-state index contributed by atoms with van der Waals surface area (Å²) in [6.45, 7) is 0.213. The first-order valence-electron chi connectivity index (χ1n) is 8.87. The molecule has 1 heterocycles. The molecule has 8 heteroatoms. The van der Waals surface area contributed by atoms with E-state index in [1.165, 1.54) is 37.4 Å². The molecule has 0 aliphatic heterocycles. The van der Waals surface area contributed by atoms with E-state index < -0.39 is 4.92 Å². The third-order valence-corrected chi connectivity index (χ3v) is 4.81. The van der Waals surface area contributed by atoms with Crippen LogP contribution in [0, 0.1) is 15.9 Å². The van der Waals surface area contributed by atoms with Gasteiger partial charge in [0.05, 0.1) is 23.8 Å². The molecule has 0 fully saturated rings. The van der Waals surface area contributed by atoms with E-state index in [-0.39, 0.29) is 18.1 Å². The van der Waals surface area contributed by atoms with Gasteiger partial charge in [-0.05, 0) is 49.6 Å². The first-order valence-corrected chi connectivity index (χ1v) is 8.87. The Hall–Kier alpha value is -3.42. The number of ether oxygens (including phenoxy) is 2. The highest BCUT2D eigenvalue weighted by Gasteiger charge is 2.24. The van der Waals surface area contributed by atoms with Crippen LogP contribution < -0.4 is 9.47 Å². The summed E-state index contributed by atoms with van der Waals surface area (Å²) < 4.78 is 26.1. The molecule has 0 saturated carbocycles. The minimum atomic E-state index is -0.483. The SMILES string of the molecule is COc1cc([N+](=O)[O-])ccc1OCc1nn(-c2ccc(F)cc2)c2c1CCC2. The summed E-state index contributed by atoms with van der Waals surface area (Å²) in [5, 5.41) is 15.6. The molecule has 0 N–H and O–H groups in total. The molecule has 0 atom stereocenters. The fraction of sp³-hybridized carbons (Fsp3) is 0.250. The Balaban J connectivity index is 1.60. The number of fused-ring (bicyclic) bond motifs is 1. The van der Waals surface area contributed by atoms with Crippen LogP contribution in [0.5, 0.6) is 11.5 Å². The molecule has 1 aliphatic carbocycles. The van der Waals surface area contributed by atoms with Crippen molar-refractivity contribution in [1.29, 1.82) is 0 Å². The second-order valence-electron chi connectivity index (χ2n) is 6.49. The fourth-order valence-corrected chi connectivity index (χ4v) is 3.46. The largest absolute Gasteiger partial charge is 0.493 e. The Morgan fingerprint density at radius 1 is 1.18 bits per heavy atom. The van der Waals surface area contributed by atoms with E-state index in [2.05, 4.69) is 5.10 Å². The Morgan fingerprint density at radius 3 is 2.68 bits per heavy atom. The summed E-state index contributed by atoms with van der Waals surface area (Å²) in [6, 6.07) is 10.5. The van der Waals surface area contributed by atoms with Crippen molar-refractivity contribution in [3.05, 3.63) is 75.3 Å². The van der Waals surface area contributed by atoms with Crippen molar-refractivity contribution < 1.29 is 18.8 Å². The van der Waals surface area contributed by atoms with Gasteiger partial charge in [-0.3, -0.25) is 10.1 Å². The van der Waals surface area contributed by atoms with Crippen LogP contribution in [-0.2, 0) is 19.4 Å². The van der Waals surface area contributed by atoms with E-state index in [4.69, 9.17) is 9.47 Å². The first-order chi connectivity index (χ1) is 13.6. The van der Waals surface area contributed by atoms with Gasteiger partial charge in [-0.15, -0.1) is 0 Å². The van der Waals surface area contributed by atoms with Gasteiger partial charge in [0, 0.05) is 17.3 Å². The summed E-state index contributed by atoms with van der Waals surface area (Å²) in [5.74, 6) is 0.418. The minimum Gasteiger partial charge on any atom is -0.493 e. The van der Waals surface area contributed by atoms with Gasteiger partial charge in [-0.2, -0.15) is 5.10 Å². The number of non-ortho nitro benzene ring substituents is 1. The van der Waals surface area contributed by atoms with Crippen LogP contribution in [0.15, 0.2) is 42.5 Å². The van der Waals surface area contributed by atoms with Crippen LogP contribution in [0.25, 0.3) is 5.69 Å². The lowest BCUT2D eigenvalue weighted by molar-refractivity contribution is -0.385. The molecule has 3 aromatic rings. The Kier molecular flexibility index (Phi) is 4.68. The van der Waals surface area contributed by atoms with Gasteiger partial charge in [0.1, 0.15) is 18.1 Å². The van der Waals surface area contributed by atoms with Gasteiger partial charge in [-0.1, -0.05) is 0 Å². The molecule has 0 spiro atoms. The molecule has 0 saturated heterocycles. The van der Waals surface area contributed by atoms with Gasteiger partial charge >= 0.3 is 0 Å². The molecule has 4 rings (SSSR count). The number of nitro groups is 1. The predicted octanol–water partition coefficient (Wildman–Crippen LogP) is 4.00. The number of hydrogen-bond donors (Lipinski definition) is 0. The molecule has 1 aromatic heterocycles. The highest BCUT2D eigenvalue weighted by Crippen LogP contribution is 2.33. The van der Waals surface area contributed by atoms with E-state index in [0.29, 0.717) is 11.5 Å². The molecule has 0 radical (unpaired) electrons. The smallest absolute Gasteiger partial charge is 0.273 e. The van der Waals surface area contributed by atoms with Crippen LogP contribution >= 0.6 is 0 Å². The van der Waals surface area contributed by atoms with Gasteiger partial charge in [0.2, 0.25) is 0 Å². The second kappa shape index (κ2) is 7.30. The molecule has 0 unspecified atom stereocenters. The number of methoxy groups -OCH3 is 1. The van der Waals surface area contributed by atoms with E-state index in [0.717, 1.165) is 41.9 Å². The zero-order valence-electron chi connectivity index (χ0n) is 15.2. The highest BCUT2D eigenvalue weighted by molar-refractivity contribution is 5.48. The van der Waals surface area contributed by atoms with Gasteiger partial charge in [0.15, 0.2) is 11.5 Å². The maximum Gasteiger partial charge on any atom is 0.273 e. The quantitative estimate of drug-likeness (QED) is 0.475. The van der Waals surface area contributed by atoms with Gasteiger partial charge in [-0.25, -0.2) is 9.07 Å². The van der Waals surface area contributed by atoms with E-state index in [9.17, 15) is 14.5 Å². The van der Waals surface area contributed by atoms with Crippen molar-refractivity contribution >= 4 is 5.69 Å². The summed E-state index contributed by atoms with van der Waals surface area (Å²) in [5.41, 5.74) is 3.80. The van der Waals surface area contributed by atoms with Crippen molar-refractivity contribution in [3.63, 3.8) is 0 Å². The highest BCUT2D eigenvalue weighted by atomic mass is 19.1. The zero-order valence-corrected chi connectivity index (χ0v) is 15.2. The molecular weight excluding hydrogens is 365 g/mol. The monoisotopic (exact) mass is 383 g/mol. The van der Waals surface area contributed by atoms with Crippen LogP contribution in [0.3, 0.4) is 0 Å². The Morgan fingerprint density at radius 2 is 1.96 bits per heavy atom. The number of nitrogens with zero attached hydrogens (tertiary/aromatic N) is 3. The molecule has 0 bridgehead atoms. The van der Waals surface area contributed by atoms with E-state index in [1.807, 2.05) is 4.68 Å².